The third-order valence-electron chi connectivity index (χ3n) is 4.45. The Balaban J connectivity index is 1.65. The second kappa shape index (κ2) is 5.91. The van der Waals surface area contributed by atoms with Crippen molar-refractivity contribution in [1.82, 2.24) is 25.0 Å². The number of carbonyl (C=O) groups is 1. The third kappa shape index (κ3) is 2.70. The Kier molecular flexibility index (Phi) is 4.00. The monoisotopic (exact) mass is 277 g/mol. The fourth-order valence-electron chi connectivity index (χ4n) is 3.33. The summed E-state index contributed by atoms with van der Waals surface area (Å²) in [4.78, 5) is 14.6. The molecule has 2 atom stereocenters. The van der Waals surface area contributed by atoms with Crippen LogP contribution >= 0.6 is 0 Å². The minimum atomic E-state index is 0.0296. The average Bonchev–Trinajstić information content (AvgIpc) is 2.94. The minimum Gasteiger partial charge on any atom is -0.341 e. The van der Waals surface area contributed by atoms with Gasteiger partial charge in [-0.15, -0.1) is 10.2 Å². The van der Waals surface area contributed by atoms with Gasteiger partial charge in [-0.25, -0.2) is 0 Å². The lowest BCUT2D eigenvalue weighted by Gasteiger charge is -2.35. The summed E-state index contributed by atoms with van der Waals surface area (Å²) in [7, 11) is 1.97. The molecule has 0 aliphatic carbocycles. The topological polar surface area (TPSA) is 63.1 Å². The molecule has 1 aromatic heterocycles. The fourth-order valence-corrected chi connectivity index (χ4v) is 3.33. The molecule has 3 rings (SSSR count). The van der Waals surface area contributed by atoms with Crippen molar-refractivity contribution in [3.63, 3.8) is 0 Å². The Morgan fingerprint density at radius 3 is 2.95 bits per heavy atom. The number of amides is 1. The van der Waals surface area contributed by atoms with E-state index in [9.17, 15) is 4.79 Å². The highest BCUT2D eigenvalue weighted by Gasteiger charge is 2.31. The molecule has 2 fully saturated rings. The second-order valence-electron chi connectivity index (χ2n) is 5.93. The molecule has 0 spiro atoms. The first-order valence-electron chi connectivity index (χ1n) is 7.62. The summed E-state index contributed by atoms with van der Waals surface area (Å²) in [6.45, 7) is 2.63. The normalized spacial score (nSPS) is 27.6. The Bertz CT molecular complexity index is 466. The van der Waals surface area contributed by atoms with E-state index in [0.29, 0.717) is 5.92 Å². The molecular weight excluding hydrogens is 254 g/mol. The van der Waals surface area contributed by atoms with Crippen LogP contribution in [-0.4, -0.2) is 51.2 Å². The minimum absolute atomic E-state index is 0.0296. The molecule has 6 heteroatoms. The molecule has 0 saturated carbocycles. The molecule has 2 aliphatic rings. The van der Waals surface area contributed by atoms with E-state index in [0.717, 1.165) is 51.1 Å². The van der Waals surface area contributed by atoms with E-state index in [2.05, 4.69) is 15.5 Å². The second-order valence-corrected chi connectivity index (χ2v) is 5.93. The van der Waals surface area contributed by atoms with Gasteiger partial charge >= 0.3 is 0 Å². The molecule has 0 aromatic carbocycles. The maximum Gasteiger partial charge on any atom is 0.239 e. The largest absolute Gasteiger partial charge is 0.341 e. The molecule has 0 bridgehead atoms. The van der Waals surface area contributed by atoms with Gasteiger partial charge in [0, 0.05) is 26.1 Å². The van der Waals surface area contributed by atoms with Crippen LogP contribution < -0.4 is 5.32 Å². The maximum absolute atomic E-state index is 12.6. The standard InChI is InChI=1S/C14H23N5O/c1-18-10-16-17-13(18)11-5-4-8-19(9-11)14(20)12-6-2-3-7-15-12/h10-12,15H,2-9H2,1H3/t11?,12-/m0/s1. The lowest BCUT2D eigenvalue weighted by atomic mass is 9.95. The van der Waals surface area contributed by atoms with Crippen molar-refractivity contribution < 1.29 is 4.79 Å². The van der Waals surface area contributed by atoms with Crippen LogP contribution in [0, 0.1) is 0 Å². The van der Waals surface area contributed by atoms with Crippen LogP contribution in [0.2, 0.25) is 0 Å². The lowest BCUT2D eigenvalue weighted by molar-refractivity contribution is -0.135. The van der Waals surface area contributed by atoms with Crippen LogP contribution in [0.1, 0.15) is 43.8 Å². The highest BCUT2D eigenvalue weighted by atomic mass is 16.2. The van der Waals surface area contributed by atoms with E-state index < -0.39 is 0 Å². The molecule has 1 N–H and O–H groups in total. The Hall–Kier alpha value is -1.43. The molecule has 6 nitrogen and oxygen atoms in total. The Morgan fingerprint density at radius 2 is 2.25 bits per heavy atom. The van der Waals surface area contributed by atoms with Gasteiger partial charge in [0.15, 0.2) is 0 Å². The van der Waals surface area contributed by atoms with E-state index >= 15 is 0 Å². The molecule has 1 unspecified atom stereocenters. The van der Waals surface area contributed by atoms with Gasteiger partial charge in [-0.3, -0.25) is 4.79 Å². The number of likely N-dealkylation sites (tertiary alicyclic amines) is 1. The van der Waals surface area contributed by atoms with E-state index in [1.165, 1.54) is 6.42 Å². The van der Waals surface area contributed by atoms with Crippen molar-refractivity contribution in [3.05, 3.63) is 12.2 Å². The first-order chi connectivity index (χ1) is 9.75. The SMILES string of the molecule is Cn1cnnc1C1CCCN(C(=O)[C@@H]2CCCCN2)C1. The van der Waals surface area contributed by atoms with E-state index in [1.807, 2.05) is 16.5 Å². The van der Waals surface area contributed by atoms with Crippen molar-refractivity contribution in [2.45, 2.75) is 44.1 Å². The van der Waals surface area contributed by atoms with Gasteiger partial charge in [-0.2, -0.15) is 0 Å². The summed E-state index contributed by atoms with van der Waals surface area (Å²) in [6, 6.07) is 0.0296. The number of piperidine rings is 2. The van der Waals surface area contributed by atoms with Gasteiger partial charge in [0.25, 0.3) is 0 Å². The summed E-state index contributed by atoms with van der Waals surface area (Å²) in [6.07, 6.45) is 7.20. The predicted molar refractivity (Wildman–Crippen MR) is 75.2 cm³/mol. The van der Waals surface area contributed by atoms with Crippen molar-refractivity contribution in [3.8, 4) is 0 Å². The zero-order chi connectivity index (χ0) is 13.9. The summed E-state index contributed by atoms with van der Waals surface area (Å²) < 4.78 is 1.97. The molecule has 110 valence electrons. The van der Waals surface area contributed by atoms with Crippen LogP contribution in [0.4, 0.5) is 0 Å². The molecule has 2 saturated heterocycles. The Morgan fingerprint density at radius 1 is 1.35 bits per heavy atom. The van der Waals surface area contributed by atoms with Crippen molar-refractivity contribution in [1.29, 1.82) is 0 Å². The van der Waals surface area contributed by atoms with Crippen molar-refractivity contribution in [2.75, 3.05) is 19.6 Å². The van der Waals surface area contributed by atoms with Gasteiger partial charge < -0.3 is 14.8 Å². The van der Waals surface area contributed by atoms with Gasteiger partial charge in [-0.05, 0) is 32.2 Å². The van der Waals surface area contributed by atoms with E-state index in [4.69, 9.17) is 0 Å². The molecule has 3 heterocycles. The van der Waals surface area contributed by atoms with E-state index in [1.54, 1.807) is 6.33 Å². The smallest absolute Gasteiger partial charge is 0.239 e. The summed E-state index contributed by atoms with van der Waals surface area (Å²) >= 11 is 0. The number of aromatic nitrogens is 3. The molecule has 20 heavy (non-hydrogen) atoms. The summed E-state index contributed by atoms with van der Waals surface area (Å²) in [5, 5.41) is 11.5. The Labute approximate surface area is 119 Å². The molecular formula is C14H23N5O. The summed E-state index contributed by atoms with van der Waals surface area (Å²) in [5.74, 6) is 1.60. The third-order valence-corrected chi connectivity index (χ3v) is 4.45. The predicted octanol–water partition coefficient (Wildman–Crippen LogP) is 0.663. The summed E-state index contributed by atoms with van der Waals surface area (Å²) in [5.41, 5.74) is 0. The average molecular weight is 277 g/mol. The van der Waals surface area contributed by atoms with Crippen LogP contribution in [0.3, 0.4) is 0 Å². The van der Waals surface area contributed by atoms with Crippen LogP contribution in [0.5, 0.6) is 0 Å². The fraction of sp³-hybridized carbons (Fsp3) is 0.786. The number of carbonyl (C=O) groups excluding carboxylic acids is 1. The highest BCUT2D eigenvalue weighted by Crippen LogP contribution is 2.26. The van der Waals surface area contributed by atoms with Gasteiger partial charge in [0.2, 0.25) is 5.91 Å². The molecule has 2 aliphatic heterocycles. The molecule has 1 aromatic rings. The number of nitrogens with one attached hydrogen (secondary N) is 1. The van der Waals surface area contributed by atoms with Gasteiger partial charge in [0.1, 0.15) is 12.2 Å². The highest BCUT2D eigenvalue weighted by molar-refractivity contribution is 5.82. The number of nitrogens with zero attached hydrogens (tertiary/aromatic N) is 4. The zero-order valence-corrected chi connectivity index (χ0v) is 12.1. The lowest BCUT2D eigenvalue weighted by Crippen LogP contribution is -2.51. The number of hydrogen-bond acceptors (Lipinski definition) is 4. The van der Waals surface area contributed by atoms with Gasteiger partial charge in [-0.1, -0.05) is 6.42 Å². The quantitative estimate of drug-likeness (QED) is 0.863. The van der Waals surface area contributed by atoms with Gasteiger partial charge in [0.05, 0.1) is 6.04 Å². The molecule has 0 radical (unpaired) electrons. The van der Waals surface area contributed by atoms with Crippen LogP contribution in [0.25, 0.3) is 0 Å². The number of hydrogen-bond donors (Lipinski definition) is 1. The number of aryl methyl sites for hydroxylation is 1. The maximum atomic E-state index is 12.6. The van der Waals surface area contributed by atoms with Crippen LogP contribution in [0.15, 0.2) is 6.33 Å². The first-order valence-corrected chi connectivity index (χ1v) is 7.62. The van der Waals surface area contributed by atoms with Crippen molar-refractivity contribution in [2.24, 2.45) is 7.05 Å². The number of rotatable bonds is 2. The molecule has 1 amide bonds. The first kappa shape index (κ1) is 13.5. The zero-order valence-electron chi connectivity index (χ0n) is 12.1. The van der Waals surface area contributed by atoms with Crippen LogP contribution in [-0.2, 0) is 11.8 Å². The van der Waals surface area contributed by atoms with E-state index in [-0.39, 0.29) is 11.9 Å². The van der Waals surface area contributed by atoms with Crippen molar-refractivity contribution >= 4 is 5.91 Å².